The van der Waals surface area contributed by atoms with Gasteiger partial charge in [0.25, 0.3) is 5.91 Å². The van der Waals surface area contributed by atoms with Crippen molar-refractivity contribution in [2.24, 2.45) is 0 Å². The Kier molecular flexibility index (Phi) is 4.10. The summed E-state index contributed by atoms with van der Waals surface area (Å²) in [6, 6.07) is 4.60. The zero-order valence-electron chi connectivity index (χ0n) is 12.2. The molecule has 2 aliphatic rings. The molecule has 2 N–H and O–H groups in total. The number of rotatable bonds is 2. The van der Waals surface area contributed by atoms with Crippen LogP contribution in [0.3, 0.4) is 0 Å². The van der Waals surface area contributed by atoms with Gasteiger partial charge >= 0.3 is 0 Å². The smallest absolute Gasteiger partial charge is 0.255 e. The first kappa shape index (κ1) is 14.3. The molecule has 2 saturated heterocycles. The lowest BCUT2D eigenvalue weighted by Crippen LogP contribution is -2.46. The lowest BCUT2D eigenvalue weighted by molar-refractivity contribution is 0.0645. The van der Waals surface area contributed by atoms with E-state index >= 15 is 0 Å². The summed E-state index contributed by atoms with van der Waals surface area (Å²) in [7, 11) is 0. The first-order valence-electron chi connectivity index (χ1n) is 7.73. The molecule has 0 unspecified atom stereocenters. The zero-order valence-corrected chi connectivity index (χ0v) is 12.2. The molecule has 1 amide bonds. The minimum absolute atomic E-state index is 0.0765. The monoisotopic (exact) mass is 291 g/mol. The normalized spacial score (nSPS) is 20.9. The number of nitrogen functional groups attached to an aromatic ring is 1. The van der Waals surface area contributed by atoms with E-state index in [4.69, 9.17) is 5.73 Å². The van der Waals surface area contributed by atoms with Gasteiger partial charge < -0.3 is 15.5 Å². The predicted molar refractivity (Wildman–Crippen MR) is 80.5 cm³/mol. The maximum Gasteiger partial charge on any atom is 0.255 e. The van der Waals surface area contributed by atoms with E-state index in [0.29, 0.717) is 11.6 Å². The summed E-state index contributed by atoms with van der Waals surface area (Å²) >= 11 is 0. The number of amides is 1. The number of hydrogen-bond acceptors (Lipinski definition) is 3. The predicted octanol–water partition coefficient (Wildman–Crippen LogP) is 2.11. The van der Waals surface area contributed by atoms with E-state index in [9.17, 15) is 9.18 Å². The molecule has 0 radical (unpaired) electrons. The van der Waals surface area contributed by atoms with Gasteiger partial charge in [0.15, 0.2) is 0 Å². The molecular weight excluding hydrogens is 269 g/mol. The maximum atomic E-state index is 13.1. The molecule has 0 aromatic heterocycles. The van der Waals surface area contributed by atoms with Gasteiger partial charge in [-0.25, -0.2) is 4.39 Å². The van der Waals surface area contributed by atoms with Gasteiger partial charge in [-0.2, -0.15) is 0 Å². The van der Waals surface area contributed by atoms with Crippen LogP contribution < -0.4 is 5.73 Å². The van der Waals surface area contributed by atoms with Crippen molar-refractivity contribution in [1.82, 2.24) is 9.80 Å². The quantitative estimate of drug-likeness (QED) is 0.849. The summed E-state index contributed by atoms with van der Waals surface area (Å²) < 4.78 is 13.1. The molecule has 1 aromatic carbocycles. The molecule has 0 bridgehead atoms. The van der Waals surface area contributed by atoms with Crippen LogP contribution in [0.5, 0.6) is 0 Å². The van der Waals surface area contributed by atoms with Gasteiger partial charge in [-0.15, -0.1) is 0 Å². The molecule has 2 fully saturated rings. The third-order valence-corrected chi connectivity index (χ3v) is 4.65. The molecule has 3 rings (SSSR count). The molecule has 0 spiro atoms. The summed E-state index contributed by atoms with van der Waals surface area (Å²) in [6.45, 7) is 3.92. The average Bonchev–Trinajstić information content (AvgIpc) is 3.01. The van der Waals surface area contributed by atoms with Crippen molar-refractivity contribution in [2.75, 3.05) is 31.9 Å². The van der Waals surface area contributed by atoms with Crippen LogP contribution >= 0.6 is 0 Å². The molecule has 0 aliphatic carbocycles. The summed E-state index contributed by atoms with van der Waals surface area (Å²) in [5.41, 5.74) is 6.40. The van der Waals surface area contributed by atoms with Crippen LogP contribution in [0.1, 0.15) is 36.0 Å². The number of nitrogens with zero attached hydrogens (tertiary/aromatic N) is 2. The van der Waals surface area contributed by atoms with E-state index in [0.717, 1.165) is 25.9 Å². The number of benzene rings is 1. The van der Waals surface area contributed by atoms with Gasteiger partial charge in [-0.05, 0) is 57.0 Å². The molecule has 1 aromatic rings. The van der Waals surface area contributed by atoms with Crippen molar-refractivity contribution < 1.29 is 9.18 Å². The Bertz CT molecular complexity index is 520. The van der Waals surface area contributed by atoms with Gasteiger partial charge in [0, 0.05) is 24.8 Å². The fourth-order valence-electron chi connectivity index (χ4n) is 3.44. The number of carbonyl (C=O) groups is 1. The van der Waals surface area contributed by atoms with Crippen molar-refractivity contribution in [2.45, 2.75) is 31.7 Å². The van der Waals surface area contributed by atoms with Crippen LogP contribution in [0.2, 0.25) is 0 Å². The number of halogens is 1. The topological polar surface area (TPSA) is 49.6 Å². The van der Waals surface area contributed by atoms with Gasteiger partial charge in [-0.3, -0.25) is 4.79 Å². The lowest BCUT2D eigenvalue weighted by atomic mass is 10.0. The van der Waals surface area contributed by atoms with Crippen molar-refractivity contribution in [3.8, 4) is 0 Å². The van der Waals surface area contributed by atoms with Crippen molar-refractivity contribution in [3.05, 3.63) is 29.6 Å². The Morgan fingerprint density at radius 3 is 2.43 bits per heavy atom. The molecule has 0 atom stereocenters. The molecule has 0 saturated carbocycles. The van der Waals surface area contributed by atoms with Crippen LogP contribution in [0.4, 0.5) is 10.1 Å². The number of anilines is 1. The highest BCUT2D eigenvalue weighted by Gasteiger charge is 2.29. The average molecular weight is 291 g/mol. The Morgan fingerprint density at radius 1 is 1.14 bits per heavy atom. The Hall–Kier alpha value is -1.62. The standard InChI is InChI=1S/C16H22FN3O/c17-12-3-4-14(15(18)11-12)16(21)20-9-5-13(6-10-20)19-7-1-2-8-19/h3-4,11,13H,1-2,5-10,18H2. The molecule has 4 nitrogen and oxygen atoms in total. The van der Waals surface area contributed by atoms with E-state index in [2.05, 4.69) is 4.90 Å². The van der Waals surface area contributed by atoms with Crippen LogP contribution in [-0.4, -0.2) is 47.9 Å². The highest BCUT2D eigenvalue weighted by molar-refractivity contribution is 5.99. The Morgan fingerprint density at radius 2 is 1.81 bits per heavy atom. The second kappa shape index (κ2) is 6.02. The van der Waals surface area contributed by atoms with Crippen LogP contribution in [0, 0.1) is 5.82 Å². The molecule has 21 heavy (non-hydrogen) atoms. The Balaban J connectivity index is 1.62. The van der Waals surface area contributed by atoms with Crippen molar-refractivity contribution >= 4 is 11.6 Å². The maximum absolute atomic E-state index is 13.1. The van der Waals surface area contributed by atoms with E-state index < -0.39 is 5.82 Å². The second-order valence-electron chi connectivity index (χ2n) is 6.00. The summed E-state index contributed by atoms with van der Waals surface area (Å²) in [6.07, 6.45) is 4.64. The number of hydrogen-bond donors (Lipinski definition) is 1. The van der Waals surface area contributed by atoms with E-state index in [1.165, 1.54) is 44.1 Å². The Labute approximate surface area is 124 Å². The summed E-state index contributed by atoms with van der Waals surface area (Å²) in [5, 5.41) is 0. The third-order valence-electron chi connectivity index (χ3n) is 4.65. The minimum atomic E-state index is -0.406. The van der Waals surface area contributed by atoms with Crippen LogP contribution in [0.15, 0.2) is 18.2 Å². The minimum Gasteiger partial charge on any atom is -0.398 e. The fourth-order valence-corrected chi connectivity index (χ4v) is 3.44. The zero-order chi connectivity index (χ0) is 14.8. The number of likely N-dealkylation sites (tertiary alicyclic amines) is 2. The number of carbonyl (C=O) groups excluding carboxylic acids is 1. The molecule has 2 aliphatic heterocycles. The van der Waals surface area contributed by atoms with E-state index in [1.54, 1.807) is 0 Å². The lowest BCUT2D eigenvalue weighted by Gasteiger charge is -2.36. The van der Waals surface area contributed by atoms with Crippen molar-refractivity contribution in [1.29, 1.82) is 0 Å². The van der Waals surface area contributed by atoms with E-state index in [-0.39, 0.29) is 11.6 Å². The number of nitrogens with two attached hydrogens (primary N) is 1. The van der Waals surface area contributed by atoms with E-state index in [1.807, 2.05) is 4.90 Å². The SMILES string of the molecule is Nc1cc(F)ccc1C(=O)N1CCC(N2CCCC2)CC1. The number of piperidine rings is 1. The third kappa shape index (κ3) is 3.02. The van der Waals surface area contributed by atoms with Gasteiger partial charge in [-0.1, -0.05) is 0 Å². The summed E-state index contributed by atoms with van der Waals surface area (Å²) in [4.78, 5) is 16.9. The molecular formula is C16H22FN3O. The molecule has 114 valence electrons. The van der Waals surface area contributed by atoms with Crippen LogP contribution in [0.25, 0.3) is 0 Å². The summed E-state index contributed by atoms with van der Waals surface area (Å²) in [5.74, 6) is -0.482. The van der Waals surface area contributed by atoms with Crippen LogP contribution in [-0.2, 0) is 0 Å². The largest absolute Gasteiger partial charge is 0.398 e. The molecule has 5 heteroatoms. The van der Waals surface area contributed by atoms with Gasteiger partial charge in [0.1, 0.15) is 5.82 Å². The first-order chi connectivity index (χ1) is 10.1. The molecule has 2 heterocycles. The highest BCUT2D eigenvalue weighted by Crippen LogP contribution is 2.23. The highest BCUT2D eigenvalue weighted by atomic mass is 19.1. The fraction of sp³-hybridized carbons (Fsp3) is 0.562. The van der Waals surface area contributed by atoms with Gasteiger partial charge in [0.05, 0.1) is 5.56 Å². The second-order valence-corrected chi connectivity index (χ2v) is 6.00. The first-order valence-corrected chi connectivity index (χ1v) is 7.73. The van der Waals surface area contributed by atoms with Crippen molar-refractivity contribution in [3.63, 3.8) is 0 Å². The van der Waals surface area contributed by atoms with Gasteiger partial charge in [0.2, 0.25) is 0 Å².